The van der Waals surface area contributed by atoms with E-state index in [9.17, 15) is 19.5 Å². The molecule has 27 heavy (non-hydrogen) atoms. The predicted octanol–water partition coefficient (Wildman–Crippen LogP) is 1.89. The number of aliphatic carboxylic acids is 1. The van der Waals surface area contributed by atoms with E-state index in [4.69, 9.17) is 0 Å². The lowest BCUT2D eigenvalue weighted by Crippen LogP contribution is -2.47. The number of carbonyl (C=O) groups excluding carboxylic acids is 2. The van der Waals surface area contributed by atoms with Gasteiger partial charge in [0.05, 0.1) is 6.54 Å². The summed E-state index contributed by atoms with van der Waals surface area (Å²) in [5, 5.41) is 11.9. The lowest BCUT2D eigenvalue weighted by molar-refractivity contribution is -0.142. The lowest BCUT2D eigenvalue weighted by Gasteiger charge is -2.22. The van der Waals surface area contributed by atoms with Crippen molar-refractivity contribution >= 4 is 17.8 Å². The van der Waals surface area contributed by atoms with Gasteiger partial charge in [0.15, 0.2) is 0 Å². The highest BCUT2D eigenvalue weighted by molar-refractivity contribution is 5.87. The van der Waals surface area contributed by atoms with Gasteiger partial charge in [-0.15, -0.1) is 0 Å². The number of amides is 2. The Kier molecular flexibility index (Phi) is 7.55. The first-order valence-electron chi connectivity index (χ1n) is 8.81. The van der Waals surface area contributed by atoms with E-state index in [0.717, 1.165) is 11.1 Å². The van der Waals surface area contributed by atoms with Crippen molar-refractivity contribution in [2.75, 3.05) is 13.1 Å². The molecule has 2 aromatic carbocycles. The highest BCUT2D eigenvalue weighted by atomic mass is 16.4. The van der Waals surface area contributed by atoms with Crippen LogP contribution >= 0.6 is 0 Å². The number of benzene rings is 2. The van der Waals surface area contributed by atoms with Gasteiger partial charge in [-0.3, -0.25) is 9.59 Å². The molecule has 6 nitrogen and oxygen atoms in total. The Labute approximate surface area is 158 Å². The number of nitrogens with one attached hydrogen (secondary N) is 1. The molecule has 0 bridgehead atoms. The number of carboxylic acids is 1. The van der Waals surface area contributed by atoms with Crippen molar-refractivity contribution in [2.24, 2.45) is 0 Å². The molecule has 2 aromatic rings. The first-order chi connectivity index (χ1) is 13.0. The van der Waals surface area contributed by atoms with E-state index in [1.165, 1.54) is 11.8 Å². The van der Waals surface area contributed by atoms with E-state index >= 15 is 0 Å². The number of carbonyl (C=O) groups is 3. The molecular weight excluding hydrogens is 344 g/mol. The summed E-state index contributed by atoms with van der Waals surface area (Å²) in [6, 6.07) is 17.7. The summed E-state index contributed by atoms with van der Waals surface area (Å²) in [5.41, 5.74) is 1.88. The summed E-state index contributed by atoms with van der Waals surface area (Å²) < 4.78 is 0. The van der Waals surface area contributed by atoms with Crippen LogP contribution in [0.1, 0.15) is 18.1 Å². The summed E-state index contributed by atoms with van der Waals surface area (Å²) >= 11 is 0. The maximum atomic E-state index is 12.3. The Morgan fingerprint density at radius 2 is 1.52 bits per heavy atom. The highest BCUT2D eigenvalue weighted by Gasteiger charge is 2.22. The Bertz CT molecular complexity index is 762. The first kappa shape index (κ1) is 20.2. The second-order valence-electron chi connectivity index (χ2n) is 6.32. The third-order valence-corrected chi connectivity index (χ3v) is 4.21. The van der Waals surface area contributed by atoms with Crippen LogP contribution in [-0.4, -0.2) is 46.9 Å². The van der Waals surface area contributed by atoms with Crippen LogP contribution in [0.25, 0.3) is 0 Å². The minimum atomic E-state index is -1.11. The number of carboxylic acid groups (broad SMARTS) is 1. The highest BCUT2D eigenvalue weighted by Crippen LogP contribution is 2.05. The standard InChI is InChI=1S/C21H24N2O4/c1-16(24)23(13-12-17-8-4-2-5-9-17)15-20(25)22-19(21(26)27)14-18-10-6-3-7-11-18/h2-11,19H,12-15H2,1H3,(H,22,25)(H,26,27)/t19-/m0/s1. The number of hydrogen-bond acceptors (Lipinski definition) is 3. The molecule has 6 heteroatoms. The van der Waals surface area contributed by atoms with Crippen molar-refractivity contribution in [1.82, 2.24) is 10.2 Å². The molecular formula is C21H24N2O4. The summed E-state index contributed by atoms with van der Waals surface area (Å²) in [5.74, 6) is -1.82. The average molecular weight is 368 g/mol. The van der Waals surface area contributed by atoms with E-state index < -0.39 is 17.9 Å². The van der Waals surface area contributed by atoms with Crippen LogP contribution in [0, 0.1) is 0 Å². The normalized spacial score (nSPS) is 11.4. The topological polar surface area (TPSA) is 86.7 Å². The van der Waals surface area contributed by atoms with Crippen LogP contribution in [0.3, 0.4) is 0 Å². The Hall–Kier alpha value is -3.15. The van der Waals surface area contributed by atoms with Gasteiger partial charge in [-0.05, 0) is 17.5 Å². The van der Waals surface area contributed by atoms with Gasteiger partial charge in [-0.1, -0.05) is 60.7 Å². The molecule has 0 saturated heterocycles. The van der Waals surface area contributed by atoms with Gasteiger partial charge in [-0.2, -0.15) is 0 Å². The first-order valence-corrected chi connectivity index (χ1v) is 8.81. The third-order valence-electron chi connectivity index (χ3n) is 4.21. The molecule has 0 radical (unpaired) electrons. The van der Waals surface area contributed by atoms with Crippen molar-refractivity contribution < 1.29 is 19.5 Å². The molecule has 0 heterocycles. The molecule has 1 atom stereocenters. The van der Waals surface area contributed by atoms with Crippen molar-refractivity contribution in [1.29, 1.82) is 0 Å². The zero-order chi connectivity index (χ0) is 19.6. The fraction of sp³-hybridized carbons (Fsp3) is 0.286. The molecule has 0 aliphatic heterocycles. The summed E-state index contributed by atoms with van der Waals surface area (Å²) in [4.78, 5) is 37.0. The SMILES string of the molecule is CC(=O)N(CCc1ccccc1)CC(=O)N[C@@H](Cc1ccccc1)C(=O)O. The van der Waals surface area contributed by atoms with Gasteiger partial charge < -0.3 is 15.3 Å². The zero-order valence-corrected chi connectivity index (χ0v) is 15.3. The van der Waals surface area contributed by atoms with Crippen molar-refractivity contribution in [3.63, 3.8) is 0 Å². The molecule has 2 rings (SSSR count). The molecule has 0 fully saturated rings. The molecule has 2 N–H and O–H groups in total. The summed E-state index contributed by atoms with van der Waals surface area (Å²) in [6.45, 7) is 1.63. The largest absolute Gasteiger partial charge is 0.480 e. The Morgan fingerprint density at radius 1 is 0.963 bits per heavy atom. The Balaban J connectivity index is 1.92. The van der Waals surface area contributed by atoms with E-state index in [1.807, 2.05) is 60.7 Å². The van der Waals surface area contributed by atoms with Crippen LogP contribution in [0.15, 0.2) is 60.7 Å². The van der Waals surface area contributed by atoms with Gasteiger partial charge in [-0.25, -0.2) is 4.79 Å². The monoisotopic (exact) mass is 368 g/mol. The second-order valence-corrected chi connectivity index (χ2v) is 6.32. The van der Waals surface area contributed by atoms with Gasteiger partial charge in [0.2, 0.25) is 11.8 Å². The van der Waals surface area contributed by atoms with Gasteiger partial charge >= 0.3 is 5.97 Å². The van der Waals surface area contributed by atoms with E-state index in [-0.39, 0.29) is 18.9 Å². The van der Waals surface area contributed by atoms with Crippen molar-refractivity contribution in [3.05, 3.63) is 71.8 Å². The number of rotatable bonds is 9. The van der Waals surface area contributed by atoms with Crippen LogP contribution < -0.4 is 5.32 Å². The van der Waals surface area contributed by atoms with E-state index in [1.54, 1.807) is 0 Å². The van der Waals surface area contributed by atoms with Gasteiger partial charge in [0.25, 0.3) is 0 Å². The fourth-order valence-electron chi connectivity index (χ4n) is 2.72. The zero-order valence-electron chi connectivity index (χ0n) is 15.3. The van der Waals surface area contributed by atoms with Crippen molar-refractivity contribution in [3.8, 4) is 0 Å². The molecule has 0 unspecified atom stereocenters. The number of nitrogens with zero attached hydrogens (tertiary/aromatic N) is 1. The average Bonchev–Trinajstić information content (AvgIpc) is 2.66. The molecule has 0 saturated carbocycles. The smallest absolute Gasteiger partial charge is 0.326 e. The minimum absolute atomic E-state index is 0.166. The second kappa shape index (κ2) is 10.1. The maximum absolute atomic E-state index is 12.3. The third kappa shape index (κ3) is 6.93. The minimum Gasteiger partial charge on any atom is -0.480 e. The molecule has 2 amide bonds. The van der Waals surface area contributed by atoms with Crippen LogP contribution in [-0.2, 0) is 27.2 Å². The molecule has 0 aliphatic carbocycles. The van der Waals surface area contributed by atoms with Crippen LogP contribution in [0.4, 0.5) is 0 Å². The molecule has 142 valence electrons. The quantitative estimate of drug-likeness (QED) is 0.708. The predicted molar refractivity (Wildman–Crippen MR) is 102 cm³/mol. The molecule has 0 aromatic heterocycles. The summed E-state index contributed by atoms with van der Waals surface area (Å²) in [6.07, 6.45) is 0.812. The van der Waals surface area contributed by atoms with Gasteiger partial charge in [0, 0.05) is 19.9 Å². The fourth-order valence-corrected chi connectivity index (χ4v) is 2.72. The molecule has 0 spiro atoms. The van der Waals surface area contributed by atoms with E-state index in [0.29, 0.717) is 13.0 Å². The van der Waals surface area contributed by atoms with E-state index in [2.05, 4.69) is 5.32 Å². The lowest BCUT2D eigenvalue weighted by atomic mass is 10.1. The maximum Gasteiger partial charge on any atom is 0.326 e. The van der Waals surface area contributed by atoms with Crippen molar-refractivity contribution in [2.45, 2.75) is 25.8 Å². The number of hydrogen-bond donors (Lipinski definition) is 2. The van der Waals surface area contributed by atoms with Crippen LogP contribution in [0.5, 0.6) is 0 Å². The van der Waals surface area contributed by atoms with Crippen LogP contribution in [0.2, 0.25) is 0 Å². The molecule has 0 aliphatic rings. The van der Waals surface area contributed by atoms with Gasteiger partial charge in [0.1, 0.15) is 6.04 Å². The Morgan fingerprint density at radius 3 is 2.04 bits per heavy atom. The summed E-state index contributed by atoms with van der Waals surface area (Å²) in [7, 11) is 0.